The molecule has 12 heteroatoms. The van der Waals surface area contributed by atoms with E-state index in [1.54, 1.807) is 4.57 Å². The second kappa shape index (κ2) is 10.8. The maximum absolute atomic E-state index is 15.5. The van der Waals surface area contributed by atoms with Crippen LogP contribution in [0.15, 0.2) is 22.1 Å². The fraction of sp³-hybridized carbons (Fsp3) is 0.520. The van der Waals surface area contributed by atoms with Gasteiger partial charge in [0.05, 0.1) is 11.2 Å². The maximum Gasteiger partial charge on any atom is 0.341 e. The van der Waals surface area contributed by atoms with Crippen LogP contribution in [0.2, 0.25) is 0 Å². The molecule has 7 N–H and O–H groups in total. The molecule has 1 fully saturated rings. The summed E-state index contributed by atoms with van der Waals surface area (Å²) >= 11 is 0. The Hall–Kier alpha value is -3.67. The second-order valence-electron chi connectivity index (χ2n) is 9.90. The van der Waals surface area contributed by atoms with Gasteiger partial charge in [-0.1, -0.05) is 6.92 Å². The van der Waals surface area contributed by atoms with E-state index in [9.17, 15) is 19.5 Å². The number of nitrogens with zero attached hydrogens (tertiary/aromatic N) is 3. The number of hydrogen-bond donors (Lipinski definition) is 4. The number of carboxylic acids is 1. The number of piperidine rings is 1. The average molecular weight is 517 g/mol. The highest BCUT2D eigenvalue weighted by Gasteiger charge is 2.31. The molecule has 3 heterocycles. The van der Waals surface area contributed by atoms with E-state index in [0.717, 1.165) is 6.07 Å². The first-order chi connectivity index (χ1) is 17.6. The highest BCUT2D eigenvalue weighted by atomic mass is 19.1. The van der Waals surface area contributed by atoms with Gasteiger partial charge in [0, 0.05) is 56.2 Å². The molecular formula is C25H33FN6O5. The lowest BCUT2D eigenvalue weighted by Crippen LogP contribution is -2.42. The van der Waals surface area contributed by atoms with Gasteiger partial charge in [-0.2, -0.15) is 0 Å². The molecule has 37 heavy (non-hydrogen) atoms. The smallest absolute Gasteiger partial charge is 0.341 e. The Morgan fingerprint density at radius 1 is 1.30 bits per heavy atom. The van der Waals surface area contributed by atoms with Gasteiger partial charge in [-0.05, 0) is 31.2 Å². The van der Waals surface area contributed by atoms with Gasteiger partial charge >= 0.3 is 11.9 Å². The van der Waals surface area contributed by atoms with Crippen molar-refractivity contribution in [3.8, 4) is 0 Å². The lowest BCUT2D eigenvalue weighted by atomic mass is 9.90. The van der Waals surface area contributed by atoms with Crippen molar-refractivity contribution >= 4 is 34.5 Å². The summed E-state index contributed by atoms with van der Waals surface area (Å²) in [6.07, 6.45) is 3.55. The Kier molecular flexibility index (Phi) is 7.67. The number of carbonyl (C=O) groups is 2. The lowest BCUT2D eigenvalue weighted by Gasteiger charge is -2.37. The summed E-state index contributed by atoms with van der Waals surface area (Å²) in [7, 11) is 0. The summed E-state index contributed by atoms with van der Waals surface area (Å²) in [5.74, 6) is -2.25. The van der Waals surface area contributed by atoms with Crippen molar-refractivity contribution in [2.24, 2.45) is 28.1 Å². The summed E-state index contributed by atoms with van der Waals surface area (Å²) in [5, 5.41) is 9.53. The number of benzene rings is 1. The van der Waals surface area contributed by atoms with Gasteiger partial charge in [0.25, 0.3) is 0 Å². The van der Waals surface area contributed by atoms with Gasteiger partial charge in [0.15, 0.2) is 5.96 Å². The molecule has 0 unspecified atom stereocenters. The minimum Gasteiger partial charge on any atom is -0.477 e. The molecule has 2 atom stereocenters. The molecule has 0 radical (unpaired) electrons. The van der Waals surface area contributed by atoms with Crippen molar-refractivity contribution in [3.05, 3.63) is 39.4 Å². The summed E-state index contributed by atoms with van der Waals surface area (Å²) < 4.78 is 22.9. The van der Waals surface area contributed by atoms with E-state index in [4.69, 9.17) is 21.9 Å². The largest absolute Gasteiger partial charge is 0.477 e. The molecule has 1 aromatic heterocycles. The molecule has 0 saturated carbocycles. The first-order valence-electron chi connectivity index (χ1n) is 12.4. The third-order valence-electron chi connectivity index (χ3n) is 6.99. The highest BCUT2D eigenvalue weighted by molar-refractivity contribution is 5.95. The van der Waals surface area contributed by atoms with Crippen LogP contribution in [0.5, 0.6) is 0 Å². The molecule has 0 amide bonds. The van der Waals surface area contributed by atoms with Gasteiger partial charge in [0.2, 0.25) is 5.43 Å². The van der Waals surface area contributed by atoms with Gasteiger partial charge in [-0.25, -0.2) is 9.18 Å². The number of carboxylic acid groups (broad SMARTS) is 1. The Morgan fingerprint density at radius 2 is 2.00 bits per heavy atom. The highest BCUT2D eigenvalue weighted by Crippen LogP contribution is 2.37. The fourth-order valence-electron chi connectivity index (χ4n) is 5.27. The molecule has 0 aliphatic carbocycles. The number of halogens is 1. The first-order valence-corrected chi connectivity index (χ1v) is 12.4. The van der Waals surface area contributed by atoms with Crippen molar-refractivity contribution in [3.63, 3.8) is 0 Å². The van der Waals surface area contributed by atoms with Crippen molar-refractivity contribution in [1.82, 2.24) is 4.57 Å². The first kappa shape index (κ1) is 26.4. The van der Waals surface area contributed by atoms with E-state index < -0.39 is 29.2 Å². The molecular weight excluding hydrogens is 483 g/mol. The topological polar surface area (TPSA) is 179 Å². The molecule has 4 rings (SSSR count). The van der Waals surface area contributed by atoms with Crippen LogP contribution in [0.25, 0.3) is 10.9 Å². The predicted octanol–water partition coefficient (Wildman–Crippen LogP) is 0.924. The third kappa shape index (κ3) is 5.53. The molecule has 11 nitrogen and oxygen atoms in total. The van der Waals surface area contributed by atoms with Crippen LogP contribution in [-0.2, 0) is 22.5 Å². The number of aromatic carboxylic acids is 1. The zero-order valence-corrected chi connectivity index (χ0v) is 20.8. The number of rotatable bonds is 8. The van der Waals surface area contributed by atoms with Gasteiger partial charge in [0.1, 0.15) is 23.5 Å². The number of pyridine rings is 1. The van der Waals surface area contributed by atoms with Gasteiger partial charge in [-0.3, -0.25) is 14.6 Å². The Morgan fingerprint density at radius 3 is 2.65 bits per heavy atom. The number of anilines is 1. The molecule has 2 aliphatic heterocycles. The number of guanidine groups is 1. The Bertz CT molecular complexity index is 1300. The van der Waals surface area contributed by atoms with E-state index in [2.05, 4.69) is 4.99 Å². The molecule has 0 spiro atoms. The molecule has 2 aliphatic rings. The van der Waals surface area contributed by atoms with Crippen LogP contribution in [0, 0.1) is 11.7 Å². The van der Waals surface area contributed by atoms with E-state index >= 15 is 4.39 Å². The Balaban J connectivity index is 1.49. The number of esters is 1. The summed E-state index contributed by atoms with van der Waals surface area (Å²) in [4.78, 5) is 42.6. The minimum atomic E-state index is -1.33. The minimum absolute atomic E-state index is 0.0114. The Labute approximate surface area is 213 Å². The van der Waals surface area contributed by atoms with Crippen molar-refractivity contribution in [1.29, 1.82) is 0 Å². The normalized spacial score (nSPS) is 18.5. The standard InChI is InChI=1S/C25H33FN6O5/c1-13-9-15-20-16(22(33)17(23(34)35)12-32(20)11-13)10-18(26)21(15)31-7-4-14(5-8-31)37-24(36)19(27)3-2-6-30-25(28)29/h10,12-14,19H,2-9,11,27H2,1H3,(H,34,35)(H4,28,29,30)/t13-,19-/m0/s1. The van der Waals surface area contributed by atoms with Crippen LogP contribution < -0.4 is 27.5 Å². The number of aliphatic imine (C=N–C) groups is 1. The molecule has 1 aromatic carbocycles. The number of nitrogens with two attached hydrogens (primary N) is 3. The number of ether oxygens (including phenoxy) is 1. The van der Waals surface area contributed by atoms with Crippen molar-refractivity contribution in [2.75, 3.05) is 24.5 Å². The van der Waals surface area contributed by atoms with E-state index in [0.29, 0.717) is 75.1 Å². The van der Waals surface area contributed by atoms with Crippen molar-refractivity contribution < 1.29 is 23.8 Å². The van der Waals surface area contributed by atoms with Crippen LogP contribution in [-0.4, -0.2) is 59.4 Å². The van der Waals surface area contributed by atoms with Crippen LogP contribution >= 0.6 is 0 Å². The monoisotopic (exact) mass is 516 g/mol. The second-order valence-corrected chi connectivity index (χ2v) is 9.90. The maximum atomic E-state index is 15.5. The molecule has 200 valence electrons. The SMILES string of the molecule is C[C@H]1Cc2c(N3CCC(OC(=O)[C@@H](N)CCCN=C(N)N)CC3)c(F)cc3c(=O)c(C(=O)O)cn(c23)C1. The van der Waals surface area contributed by atoms with Crippen LogP contribution in [0.1, 0.15) is 48.5 Å². The summed E-state index contributed by atoms with van der Waals surface area (Å²) in [5.41, 5.74) is 17.2. The quantitative estimate of drug-likeness (QED) is 0.172. The average Bonchev–Trinajstić information content (AvgIpc) is 2.83. The van der Waals surface area contributed by atoms with Crippen molar-refractivity contribution in [2.45, 2.75) is 57.7 Å². The molecule has 0 bridgehead atoms. The number of aromatic nitrogens is 1. The number of carbonyl (C=O) groups excluding carboxylic acids is 1. The summed E-state index contributed by atoms with van der Waals surface area (Å²) in [6, 6.07) is 0.381. The van der Waals surface area contributed by atoms with Crippen LogP contribution in [0.4, 0.5) is 10.1 Å². The van der Waals surface area contributed by atoms with Crippen LogP contribution in [0.3, 0.4) is 0 Å². The van der Waals surface area contributed by atoms with Gasteiger partial charge < -0.3 is 36.5 Å². The predicted molar refractivity (Wildman–Crippen MR) is 137 cm³/mol. The lowest BCUT2D eigenvalue weighted by molar-refractivity contribution is -0.151. The van der Waals surface area contributed by atoms with E-state index in [1.165, 1.54) is 6.20 Å². The zero-order valence-electron chi connectivity index (χ0n) is 20.8. The number of hydrogen-bond acceptors (Lipinski definition) is 7. The summed E-state index contributed by atoms with van der Waals surface area (Å²) in [6.45, 7) is 3.84. The van der Waals surface area contributed by atoms with E-state index in [-0.39, 0.29) is 28.9 Å². The zero-order chi connectivity index (χ0) is 26.9. The third-order valence-corrected chi connectivity index (χ3v) is 6.99. The van der Waals surface area contributed by atoms with Gasteiger partial charge in [-0.15, -0.1) is 0 Å². The molecule has 2 aromatic rings. The van der Waals surface area contributed by atoms with E-state index in [1.807, 2.05) is 11.8 Å². The molecule has 1 saturated heterocycles. The fourth-order valence-corrected chi connectivity index (χ4v) is 5.27.